The Morgan fingerprint density at radius 1 is 1.21 bits per heavy atom. The Kier molecular flexibility index (Phi) is 9.50. The standard InChI is InChI=1S/C21H36FN5O/c1-5-19(28-20-9-7-8-18(22)14-20)16-25-21(23-6-2)24-15-17(3)27-12-10-26(4)11-13-27/h7-9,14,17,19H,5-6,10-13,15-16H2,1-4H3,(H2,23,24,25). The van der Waals surface area contributed by atoms with Crippen molar-refractivity contribution in [1.29, 1.82) is 0 Å². The van der Waals surface area contributed by atoms with Gasteiger partial charge in [-0.2, -0.15) is 0 Å². The Morgan fingerprint density at radius 3 is 2.61 bits per heavy atom. The van der Waals surface area contributed by atoms with Gasteiger partial charge in [-0.3, -0.25) is 9.89 Å². The monoisotopic (exact) mass is 393 g/mol. The Balaban J connectivity index is 1.85. The lowest BCUT2D eigenvalue weighted by atomic mass is 10.2. The molecule has 0 radical (unpaired) electrons. The molecule has 2 N–H and O–H groups in total. The van der Waals surface area contributed by atoms with Gasteiger partial charge in [-0.1, -0.05) is 13.0 Å². The lowest BCUT2D eigenvalue weighted by Gasteiger charge is -2.35. The Morgan fingerprint density at radius 2 is 1.96 bits per heavy atom. The Labute approximate surface area is 169 Å². The number of hydrogen-bond donors (Lipinski definition) is 2. The highest BCUT2D eigenvalue weighted by Crippen LogP contribution is 2.14. The fraction of sp³-hybridized carbons (Fsp3) is 0.667. The Hall–Kier alpha value is -1.86. The fourth-order valence-electron chi connectivity index (χ4n) is 3.16. The molecule has 1 aromatic carbocycles. The van der Waals surface area contributed by atoms with Crippen molar-refractivity contribution in [1.82, 2.24) is 20.4 Å². The second-order valence-corrected chi connectivity index (χ2v) is 7.39. The molecule has 0 bridgehead atoms. The van der Waals surface area contributed by atoms with Crippen LogP contribution < -0.4 is 15.4 Å². The lowest BCUT2D eigenvalue weighted by Crippen LogP contribution is -2.49. The van der Waals surface area contributed by atoms with Crippen LogP contribution in [0.1, 0.15) is 27.2 Å². The zero-order valence-corrected chi connectivity index (χ0v) is 17.7. The van der Waals surface area contributed by atoms with Gasteiger partial charge in [-0.15, -0.1) is 0 Å². The van der Waals surface area contributed by atoms with Crippen molar-refractivity contribution in [3.63, 3.8) is 0 Å². The van der Waals surface area contributed by atoms with Crippen LogP contribution in [0.3, 0.4) is 0 Å². The summed E-state index contributed by atoms with van der Waals surface area (Å²) in [6.45, 7) is 12.9. The first kappa shape index (κ1) is 22.4. The molecule has 1 fully saturated rings. The van der Waals surface area contributed by atoms with Gasteiger partial charge in [0.2, 0.25) is 0 Å². The third kappa shape index (κ3) is 7.64. The van der Waals surface area contributed by atoms with E-state index < -0.39 is 0 Å². The van der Waals surface area contributed by atoms with E-state index in [0.717, 1.165) is 51.6 Å². The molecule has 1 saturated heterocycles. The molecule has 1 heterocycles. The summed E-state index contributed by atoms with van der Waals surface area (Å²) in [5.41, 5.74) is 0. The summed E-state index contributed by atoms with van der Waals surface area (Å²) >= 11 is 0. The molecule has 1 aliphatic rings. The number of ether oxygens (including phenoxy) is 1. The smallest absolute Gasteiger partial charge is 0.191 e. The number of rotatable bonds is 9. The van der Waals surface area contributed by atoms with Gasteiger partial charge in [0.05, 0.1) is 13.1 Å². The average Bonchev–Trinajstić information content (AvgIpc) is 2.69. The number of hydrogen-bond acceptors (Lipinski definition) is 4. The summed E-state index contributed by atoms with van der Waals surface area (Å²) in [6, 6.07) is 6.69. The molecule has 0 amide bonds. The molecule has 2 rings (SSSR count). The highest BCUT2D eigenvalue weighted by Gasteiger charge is 2.19. The van der Waals surface area contributed by atoms with Crippen LogP contribution in [0.25, 0.3) is 0 Å². The number of benzene rings is 1. The van der Waals surface area contributed by atoms with Gasteiger partial charge in [0.1, 0.15) is 17.7 Å². The topological polar surface area (TPSA) is 52.1 Å². The summed E-state index contributed by atoms with van der Waals surface area (Å²) in [7, 11) is 2.17. The zero-order valence-electron chi connectivity index (χ0n) is 17.7. The van der Waals surface area contributed by atoms with Crippen LogP contribution in [-0.4, -0.2) is 80.8 Å². The van der Waals surface area contributed by atoms with Crippen molar-refractivity contribution < 1.29 is 9.13 Å². The van der Waals surface area contributed by atoms with E-state index in [1.165, 1.54) is 12.1 Å². The fourth-order valence-corrected chi connectivity index (χ4v) is 3.16. The highest BCUT2D eigenvalue weighted by atomic mass is 19.1. The second kappa shape index (κ2) is 11.9. The summed E-state index contributed by atoms with van der Waals surface area (Å²) in [4.78, 5) is 9.62. The van der Waals surface area contributed by atoms with Gasteiger partial charge in [-0.05, 0) is 39.4 Å². The van der Waals surface area contributed by atoms with Crippen LogP contribution in [0, 0.1) is 5.82 Å². The maximum Gasteiger partial charge on any atom is 0.191 e. The third-order valence-corrected chi connectivity index (χ3v) is 5.07. The molecule has 0 aromatic heterocycles. The van der Waals surface area contributed by atoms with Crippen molar-refractivity contribution in [3.05, 3.63) is 30.1 Å². The largest absolute Gasteiger partial charge is 0.489 e. The lowest BCUT2D eigenvalue weighted by molar-refractivity contribution is 0.122. The number of likely N-dealkylation sites (N-methyl/N-ethyl adjacent to an activating group) is 1. The van der Waals surface area contributed by atoms with Crippen molar-refractivity contribution in [2.24, 2.45) is 4.99 Å². The summed E-state index contributed by atoms with van der Waals surface area (Å²) in [5.74, 6) is 1.07. The molecule has 6 nitrogen and oxygen atoms in total. The van der Waals surface area contributed by atoms with E-state index in [1.807, 2.05) is 0 Å². The molecular weight excluding hydrogens is 357 g/mol. The maximum atomic E-state index is 13.4. The molecule has 158 valence electrons. The van der Waals surface area contributed by atoms with Gasteiger partial charge >= 0.3 is 0 Å². The first-order valence-electron chi connectivity index (χ1n) is 10.4. The number of nitrogens with one attached hydrogen (secondary N) is 2. The van der Waals surface area contributed by atoms with Crippen LogP contribution in [0.15, 0.2) is 29.3 Å². The predicted octanol–water partition coefficient (Wildman–Crippen LogP) is 2.17. The van der Waals surface area contributed by atoms with Crippen LogP contribution in [-0.2, 0) is 0 Å². The van der Waals surface area contributed by atoms with Gasteiger partial charge in [0.15, 0.2) is 5.96 Å². The van der Waals surface area contributed by atoms with Gasteiger partial charge in [0.25, 0.3) is 0 Å². The molecule has 0 aliphatic carbocycles. The summed E-state index contributed by atoms with van der Waals surface area (Å²) in [5, 5.41) is 6.66. The number of aliphatic imine (C=N–C) groups is 1. The van der Waals surface area contributed by atoms with Gasteiger partial charge < -0.3 is 20.3 Å². The quantitative estimate of drug-likeness (QED) is 0.498. The minimum absolute atomic E-state index is 0.0549. The van der Waals surface area contributed by atoms with Crippen molar-refractivity contribution in [2.75, 3.05) is 52.9 Å². The first-order valence-corrected chi connectivity index (χ1v) is 10.4. The van der Waals surface area contributed by atoms with Crippen molar-refractivity contribution >= 4 is 5.96 Å². The van der Waals surface area contributed by atoms with Crippen LogP contribution in [0.5, 0.6) is 5.75 Å². The summed E-state index contributed by atoms with van der Waals surface area (Å²) in [6.07, 6.45) is 0.765. The SMILES string of the molecule is CCNC(=NCC(C)N1CCN(C)CC1)NCC(CC)Oc1cccc(F)c1. The average molecular weight is 394 g/mol. The first-order chi connectivity index (χ1) is 13.5. The second-order valence-electron chi connectivity index (χ2n) is 7.39. The van der Waals surface area contributed by atoms with E-state index in [4.69, 9.17) is 9.73 Å². The molecule has 28 heavy (non-hydrogen) atoms. The van der Waals surface area contributed by atoms with E-state index in [9.17, 15) is 4.39 Å². The van der Waals surface area contributed by atoms with Crippen molar-refractivity contribution in [2.45, 2.75) is 39.3 Å². The predicted molar refractivity (Wildman–Crippen MR) is 114 cm³/mol. The molecule has 7 heteroatoms. The number of halogens is 1. The molecule has 0 saturated carbocycles. The number of guanidine groups is 1. The van der Waals surface area contributed by atoms with E-state index in [1.54, 1.807) is 12.1 Å². The maximum absolute atomic E-state index is 13.4. The van der Waals surface area contributed by atoms with Crippen LogP contribution in [0.4, 0.5) is 4.39 Å². The minimum atomic E-state index is -0.284. The van der Waals surface area contributed by atoms with Crippen molar-refractivity contribution in [3.8, 4) is 5.75 Å². The summed E-state index contributed by atoms with van der Waals surface area (Å²) < 4.78 is 19.3. The number of nitrogens with zero attached hydrogens (tertiary/aromatic N) is 3. The van der Waals surface area contributed by atoms with E-state index in [0.29, 0.717) is 18.3 Å². The van der Waals surface area contributed by atoms with Gasteiger partial charge in [0, 0.05) is 44.8 Å². The molecule has 2 unspecified atom stereocenters. The molecule has 2 atom stereocenters. The zero-order chi connectivity index (χ0) is 20.4. The van der Waals surface area contributed by atoms with E-state index >= 15 is 0 Å². The van der Waals surface area contributed by atoms with Crippen LogP contribution >= 0.6 is 0 Å². The normalized spacial score (nSPS) is 18.5. The van der Waals surface area contributed by atoms with E-state index in [-0.39, 0.29) is 11.9 Å². The Bertz CT molecular complexity index is 604. The third-order valence-electron chi connectivity index (χ3n) is 5.07. The van der Waals surface area contributed by atoms with Gasteiger partial charge in [-0.25, -0.2) is 4.39 Å². The molecule has 1 aromatic rings. The van der Waals surface area contributed by atoms with E-state index in [2.05, 4.69) is 48.3 Å². The van der Waals surface area contributed by atoms with Crippen LogP contribution in [0.2, 0.25) is 0 Å². The minimum Gasteiger partial charge on any atom is -0.489 e. The molecule has 1 aliphatic heterocycles. The highest BCUT2D eigenvalue weighted by molar-refractivity contribution is 5.79. The molecule has 0 spiro atoms. The molecular formula is C21H36FN5O. The number of piperazine rings is 1.